The molecule has 1 aromatic carbocycles. The first-order valence-electron chi connectivity index (χ1n) is 5.16. The number of anilines is 1. The van der Waals surface area contributed by atoms with E-state index in [9.17, 15) is 8.78 Å². The minimum atomic E-state index is -0.929. The highest BCUT2D eigenvalue weighted by Crippen LogP contribution is 2.21. The Morgan fingerprint density at radius 2 is 2.06 bits per heavy atom. The molecule has 6 heteroatoms. The SMILES string of the molecule is COC(C)Cn1c(N)nc2cc(F)c(F)cc21. The van der Waals surface area contributed by atoms with Crippen molar-refractivity contribution in [2.45, 2.75) is 19.6 Å². The lowest BCUT2D eigenvalue weighted by Crippen LogP contribution is -2.16. The zero-order valence-electron chi connectivity index (χ0n) is 9.58. The van der Waals surface area contributed by atoms with E-state index in [2.05, 4.69) is 4.98 Å². The van der Waals surface area contributed by atoms with Crippen molar-refractivity contribution < 1.29 is 13.5 Å². The van der Waals surface area contributed by atoms with Crippen LogP contribution in [-0.2, 0) is 11.3 Å². The van der Waals surface area contributed by atoms with Crippen LogP contribution in [0.2, 0.25) is 0 Å². The van der Waals surface area contributed by atoms with Crippen LogP contribution in [0.25, 0.3) is 11.0 Å². The molecule has 0 amide bonds. The van der Waals surface area contributed by atoms with Gasteiger partial charge in [-0.3, -0.25) is 0 Å². The summed E-state index contributed by atoms with van der Waals surface area (Å²) in [6, 6.07) is 2.13. The van der Waals surface area contributed by atoms with Crippen molar-refractivity contribution >= 4 is 17.0 Å². The van der Waals surface area contributed by atoms with Crippen molar-refractivity contribution in [3.8, 4) is 0 Å². The van der Waals surface area contributed by atoms with Crippen molar-refractivity contribution in [1.29, 1.82) is 0 Å². The molecule has 1 unspecified atom stereocenters. The molecule has 0 spiro atoms. The van der Waals surface area contributed by atoms with E-state index in [1.165, 1.54) is 0 Å². The molecular weight excluding hydrogens is 228 g/mol. The van der Waals surface area contributed by atoms with Crippen LogP contribution in [0.3, 0.4) is 0 Å². The Bertz CT molecular complexity index is 553. The largest absolute Gasteiger partial charge is 0.380 e. The number of rotatable bonds is 3. The molecule has 2 N–H and O–H groups in total. The predicted molar refractivity (Wildman–Crippen MR) is 60.5 cm³/mol. The third kappa shape index (κ3) is 2.08. The average molecular weight is 241 g/mol. The summed E-state index contributed by atoms with van der Waals surface area (Å²) in [5.41, 5.74) is 6.51. The van der Waals surface area contributed by atoms with Crippen molar-refractivity contribution in [3.05, 3.63) is 23.8 Å². The molecule has 1 heterocycles. The molecule has 2 rings (SSSR count). The van der Waals surface area contributed by atoms with Crippen molar-refractivity contribution in [2.24, 2.45) is 0 Å². The second-order valence-electron chi connectivity index (χ2n) is 3.88. The lowest BCUT2D eigenvalue weighted by atomic mass is 10.3. The summed E-state index contributed by atoms with van der Waals surface area (Å²) in [7, 11) is 1.57. The number of ether oxygens (including phenoxy) is 1. The van der Waals surface area contributed by atoms with Crippen LogP contribution >= 0.6 is 0 Å². The van der Waals surface area contributed by atoms with E-state index in [0.717, 1.165) is 12.1 Å². The molecule has 1 aromatic heterocycles. The van der Waals surface area contributed by atoms with Gasteiger partial charge in [-0.2, -0.15) is 0 Å². The van der Waals surface area contributed by atoms with Gasteiger partial charge in [0.2, 0.25) is 5.95 Å². The lowest BCUT2D eigenvalue weighted by Gasteiger charge is -2.12. The van der Waals surface area contributed by atoms with Gasteiger partial charge in [0.1, 0.15) is 0 Å². The van der Waals surface area contributed by atoms with Gasteiger partial charge in [0, 0.05) is 19.2 Å². The number of nitrogens with two attached hydrogens (primary N) is 1. The molecule has 0 bridgehead atoms. The number of nitrogens with zero attached hydrogens (tertiary/aromatic N) is 2. The number of methoxy groups -OCH3 is 1. The van der Waals surface area contributed by atoms with Crippen LogP contribution in [0, 0.1) is 11.6 Å². The van der Waals surface area contributed by atoms with Crippen molar-refractivity contribution in [3.63, 3.8) is 0 Å². The molecule has 1 atom stereocenters. The summed E-state index contributed by atoms with van der Waals surface area (Å²) >= 11 is 0. The summed E-state index contributed by atoms with van der Waals surface area (Å²) in [5.74, 6) is -1.63. The maximum absolute atomic E-state index is 13.2. The predicted octanol–water partition coefficient (Wildman–Crippen LogP) is 1.93. The van der Waals surface area contributed by atoms with Gasteiger partial charge in [0.25, 0.3) is 0 Å². The van der Waals surface area contributed by atoms with Gasteiger partial charge in [0.05, 0.1) is 23.7 Å². The van der Waals surface area contributed by atoms with E-state index in [-0.39, 0.29) is 12.1 Å². The topological polar surface area (TPSA) is 53.1 Å². The summed E-state index contributed by atoms with van der Waals surface area (Å²) in [4.78, 5) is 3.98. The highest BCUT2D eigenvalue weighted by molar-refractivity contribution is 5.78. The fraction of sp³-hybridized carbons (Fsp3) is 0.364. The Morgan fingerprint density at radius 3 is 2.71 bits per heavy atom. The van der Waals surface area contributed by atoms with Crippen LogP contribution in [0.15, 0.2) is 12.1 Å². The summed E-state index contributed by atoms with van der Waals surface area (Å²) in [6.07, 6.45) is -0.0946. The van der Waals surface area contributed by atoms with E-state index >= 15 is 0 Å². The maximum Gasteiger partial charge on any atom is 0.201 e. The number of nitrogen functional groups attached to an aromatic ring is 1. The number of aromatic nitrogens is 2. The Labute approximate surface area is 97.0 Å². The van der Waals surface area contributed by atoms with E-state index in [0.29, 0.717) is 17.6 Å². The first-order valence-corrected chi connectivity index (χ1v) is 5.16. The van der Waals surface area contributed by atoms with Gasteiger partial charge in [0.15, 0.2) is 11.6 Å². The Hall–Kier alpha value is -1.69. The molecule has 0 fully saturated rings. The molecule has 0 radical (unpaired) electrons. The monoisotopic (exact) mass is 241 g/mol. The molecule has 17 heavy (non-hydrogen) atoms. The number of hydrogen-bond donors (Lipinski definition) is 1. The second-order valence-corrected chi connectivity index (χ2v) is 3.88. The highest BCUT2D eigenvalue weighted by atomic mass is 19.2. The van der Waals surface area contributed by atoms with Gasteiger partial charge < -0.3 is 15.0 Å². The Kier molecular flexibility index (Phi) is 2.97. The molecule has 0 aliphatic rings. The molecule has 4 nitrogen and oxygen atoms in total. The second kappa shape index (κ2) is 4.29. The lowest BCUT2D eigenvalue weighted by molar-refractivity contribution is 0.105. The van der Waals surface area contributed by atoms with Gasteiger partial charge >= 0.3 is 0 Å². The van der Waals surface area contributed by atoms with Crippen LogP contribution < -0.4 is 5.73 Å². The smallest absolute Gasteiger partial charge is 0.201 e. The van der Waals surface area contributed by atoms with E-state index in [1.807, 2.05) is 6.92 Å². The minimum absolute atomic E-state index is 0.0946. The van der Waals surface area contributed by atoms with E-state index in [4.69, 9.17) is 10.5 Å². The number of benzene rings is 1. The summed E-state index contributed by atoms with van der Waals surface area (Å²) in [6.45, 7) is 2.29. The zero-order valence-corrected chi connectivity index (χ0v) is 9.58. The fourth-order valence-electron chi connectivity index (χ4n) is 1.66. The number of fused-ring (bicyclic) bond motifs is 1. The minimum Gasteiger partial charge on any atom is -0.380 e. The molecule has 0 saturated carbocycles. The Balaban J connectivity index is 2.54. The van der Waals surface area contributed by atoms with Crippen LogP contribution in [0.5, 0.6) is 0 Å². The van der Waals surface area contributed by atoms with Crippen LogP contribution in [0.1, 0.15) is 6.92 Å². The van der Waals surface area contributed by atoms with Gasteiger partial charge in [-0.15, -0.1) is 0 Å². The molecule has 0 saturated heterocycles. The van der Waals surface area contributed by atoms with Gasteiger partial charge in [-0.25, -0.2) is 13.8 Å². The molecular formula is C11H13F2N3O. The first-order chi connectivity index (χ1) is 8.02. The molecule has 0 aliphatic heterocycles. The standard InChI is InChI=1S/C11H13F2N3O/c1-6(17-2)5-16-10-4-8(13)7(12)3-9(10)15-11(16)14/h3-4,6H,5H2,1-2H3,(H2,14,15). The fourth-order valence-corrected chi connectivity index (χ4v) is 1.66. The first kappa shape index (κ1) is 11.8. The van der Waals surface area contributed by atoms with E-state index in [1.54, 1.807) is 11.7 Å². The molecule has 0 aliphatic carbocycles. The normalized spacial score (nSPS) is 13.2. The summed E-state index contributed by atoms with van der Waals surface area (Å²) < 4.78 is 32.9. The zero-order chi connectivity index (χ0) is 12.6. The molecule has 2 aromatic rings. The van der Waals surface area contributed by atoms with Crippen molar-refractivity contribution in [1.82, 2.24) is 9.55 Å². The van der Waals surface area contributed by atoms with Crippen LogP contribution in [-0.4, -0.2) is 22.8 Å². The third-order valence-electron chi connectivity index (χ3n) is 2.66. The molecule has 92 valence electrons. The average Bonchev–Trinajstić information content (AvgIpc) is 2.56. The number of halogens is 2. The Morgan fingerprint density at radius 1 is 1.41 bits per heavy atom. The van der Waals surface area contributed by atoms with E-state index < -0.39 is 11.6 Å². The van der Waals surface area contributed by atoms with Gasteiger partial charge in [-0.05, 0) is 6.92 Å². The quantitative estimate of drug-likeness (QED) is 0.893. The van der Waals surface area contributed by atoms with Gasteiger partial charge in [-0.1, -0.05) is 0 Å². The highest BCUT2D eigenvalue weighted by Gasteiger charge is 2.14. The third-order valence-corrected chi connectivity index (χ3v) is 2.66. The van der Waals surface area contributed by atoms with Crippen LogP contribution in [0.4, 0.5) is 14.7 Å². The number of imidazole rings is 1. The number of hydrogen-bond acceptors (Lipinski definition) is 3. The van der Waals surface area contributed by atoms with Crippen molar-refractivity contribution in [2.75, 3.05) is 12.8 Å². The summed E-state index contributed by atoms with van der Waals surface area (Å²) in [5, 5.41) is 0. The maximum atomic E-state index is 13.2.